The summed E-state index contributed by atoms with van der Waals surface area (Å²) < 4.78 is 15.8. The van der Waals surface area contributed by atoms with Gasteiger partial charge in [0.15, 0.2) is 5.82 Å². The van der Waals surface area contributed by atoms with Crippen LogP contribution in [0.2, 0.25) is 0 Å². The van der Waals surface area contributed by atoms with Crippen LogP contribution in [0, 0.1) is 5.82 Å². The fraction of sp³-hybridized carbons (Fsp3) is 0.133. The molecular formula is C15H14FN3. The molecule has 0 aliphatic heterocycles. The predicted octanol–water partition coefficient (Wildman–Crippen LogP) is 3.44. The number of nitrogens with two attached hydrogens (primary N) is 1. The topological polar surface area (TPSA) is 43.8 Å². The number of aryl methyl sites for hydroxylation is 1. The Balaban J connectivity index is 2.36. The normalized spacial score (nSPS) is 11.1. The molecule has 0 saturated heterocycles. The zero-order valence-corrected chi connectivity index (χ0v) is 10.6. The zero-order valence-electron chi connectivity index (χ0n) is 10.6. The number of imidazole rings is 1. The molecule has 2 N–H and O–H groups in total. The van der Waals surface area contributed by atoms with Crippen molar-refractivity contribution < 1.29 is 4.39 Å². The van der Waals surface area contributed by atoms with E-state index in [-0.39, 0.29) is 5.82 Å². The first-order chi connectivity index (χ1) is 9.22. The largest absolute Gasteiger partial charge is 0.398 e. The minimum atomic E-state index is -0.305. The van der Waals surface area contributed by atoms with Gasteiger partial charge in [-0.2, -0.15) is 0 Å². The van der Waals surface area contributed by atoms with Crippen molar-refractivity contribution in [1.82, 2.24) is 9.55 Å². The smallest absolute Gasteiger partial charge is 0.151 e. The molecule has 0 aliphatic carbocycles. The molecule has 0 amide bonds. The number of benzene rings is 2. The lowest BCUT2D eigenvalue weighted by Gasteiger charge is -2.08. The van der Waals surface area contributed by atoms with Crippen LogP contribution in [0.25, 0.3) is 22.4 Å². The molecule has 3 nitrogen and oxygen atoms in total. The molecule has 0 unspecified atom stereocenters. The van der Waals surface area contributed by atoms with Crippen molar-refractivity contribution in [3.05, 3.63) is 48.3 Å². The van der Waals surface area contributed by atoms with E-state index in [0.717, 1.165) is 11.1 Å². The summed E-state index contributed by atoms with van der Waals surface area (Å²) in [7, 11) is 0. The number of aromatic nitrogens is 2. The summed E-state index contributed by atoms with van der Waals surface area (Å²) in [6.07, 6.45) is 0. The lowest BCUT2D eigenvalue weighted by Crippen LogP contribution is -1.99. The molecule has 2 aromatic carbocycles. The van der Waals surface area contributed by atoms with Crippen LogP contribution in [0.3, 0.4) is 0 Å². The van der Waals surface area contributed by atoms with Gasteiger partial charge in [-0.1, -0.05) is 18.2 Å². The number of hydrogen-bond acceptors (Lipinski definition) is 2. The van der Waals surface area contributed by atoms with E-state index < -0.39 is 0 Å². The van der Waals surface area contributed by atoms with Gasteiger partial charge < -0.3 is 10.3 Å². The Kier molecular flexibility index (Phi) is 2.71. The van der Waals surface area contributed by atoms with Gasteiger partial charge in [0.1, 0.15) is 11.3 Å². The number of hydrogen-bond donors (Lipinski definition) is 1. The van der Waals surface area contributed by atoms with Gasteiger partial charge in [0.05, 0.1) is 5.52 Å². The van der Waals surface area contributed by atoms with E-state index in [9.17, 15) is 4.39 Å². The first-order valence-corrected chi connectivity index (χ1v) is 6.22. The van der Waals surface area contributed by atoms with E-state index in [4.69, 9.17) is 5.73 Å². The summed E-state index contributed by atoms with van der Waals surface area (Å²) in [6.45, 7) is 2.72. The molecule has 0 spiro atoms. The number of nitrogens with zero attached hydrogens (tertiary/aromatic N) is 2. The number of para-hydroxylation sites is 2. The van der Waals surface area contributed by atoms with E-state index in [1.807, 2.05) is 41.8 Å². The van der Waals surface area contributed by atoms with Crippen LogP contribution in [-0.2, 0) is 6.54 Å². The van der Waals surface area contributed by atoms with Crippen LogP contribution in [0.1, 0.15) is 6.92 Å². The highest BCUT2D eigenvalue weighted by Gasteiger charge is 2.15. The summed E-state index contributed by atoms with van der Waals surface area (Å²) >= 11 is 0. The van der Waals surface area contributed by atoms with Crippen LogP contribution in [0.5, 0.6) is 0 Å². The SMILES string of the molecule is CCn1c(-c2ccccc2N)nc2c(F)cccc21. The van der Waals surface area contributed by atoms with Crippen molar-refractivity contribution in [2.24, 2.45) is 0 Å². The molecule has 0 atom stereocenters. The van der Waals surface area contributed by atoms with Crippen molar-refractivity contribution in [2.75, 3.05) is 5.73 Å². The van der Waals surface area contributed by atoms with Crippen molar-refractivity contribution in [3.8, 4) is 11.4 Å². The van der Waals surface area contributed by atoms with Gasteiger partial charge in [-0.25, -0.2) is 9.37 Å². The van der Waals surface area contributed by atoms with E-state index >= 15 is 0 Å². The maximum atomic E-state index is 13.8. The van der Waals surface area contributed by atoms with Gasteiger partial charge in [-0.15, -0.1) is 0 Å². The molecular weight excluding hydrogens is 241 g/mol. The van der Waals surface area contributed by atoms with E-state index in [0.29, 0.717) is 23.6 Å². The molecule has 1 heterocycles. The fourth-order valence-electron chi connectivity index (χ4n) is 2.34. The number of fused-ring (bicyclic) bond motifs is 1. The highest BCUT2D eigenvalue weighted by molar-refractivity contribution is 5.84. The average molecular weight is 255 g/mol. The number of nitrogen functional groups attached to an aromatic ring is 1. The van der Waals surface area contributed by atoms with Crippen LogP contribution >= 0.6 is 0 Å². The molecule has 19 heavy (non-hydrogen) atoms. The van der Waals surface area contributed by atoms with Gasteiger partial charge in [-0.3, -0.25) is 0 Å². The quantitative estimate of drug-likeness (QED) is 0.713. The molecule has 96 valence electrons. The Morgan fingerprint density at radius 3 is 2.68 bits per heavy atom. The first-order valence-electron chi connectivity index (χ1n) is 6.22. The predicted molar refractivity (Wildman–Crippen MR) is 75.2 cm³/mol. The zero-order chi connectivity index (χ0) is 13.4. The van der Waals surface area contributed by atoms with Gasteiger partial charge in [0.2, 0.25) is 0 Å². The molecule has 0 aliphatic rings. The van der Waals surface area contributed by atoms with Crippen molar-refractivity contribution in [1.29, 1.82) is 0 Å². The molecule has 1 aromatic heterocycles. The van der Waals surface area contributed by atoms with Crippen molar-refractivity contribution in [2.45, 2.75) is 13.5 Å². The number of anilines is 1. The van der Waals surface area contributed by atoms with Crippen molar-refractivity contribution in [3.63, 3.8) is 0 Å². The van der Waals surface area contributed by atoms with E-state index in [1.54, 1.807) is 6.07 Å². The maximum absolute atomic E-state index is 13.8. The second kappa shape index (κ2) is 4.39. The number of rotatable bonds is 2. The first kappa shape index (κ1) is 11.7. The van der Waals surface area contributed by atoms with Gasteiger partial charge in [0, 0.05) is 17.8 Å². The second-order valence-electron chi connectivity index (χ2n) is 4.37. The third-order valence-corrected chi connectivity index (χ3v) is 3.25. The maximum Gasteiger partial charge on any atom is 0.151 e. The Labute approximate surface area is 110 Å². The lowest BCUT2D eigenvalue weighted by molar-refractivity contribution is 0.637. The minimum absolute atomic E-state index is 0.305. The molecule has 0 bridgehead atoms. The summed E-state index contributed by atoms with van der Waals surface area (Å²) in [6, 6.07) is 12.5. The molecule has 3 rings (SSSR count). The molecule has 4 heteroatoms. The Hall–Kier alpha value is -2.36. The van der Waals surface area contributed by atoms with Gasteiger partial charge >= 0.3 is 0 Å². The monoisotopic (exact) mass is 255 g/mol. The van der Waals surface area contributed by atoms with Crippen LogP contribution in [-0.4, -0.2) is 9.55 Å². The van der Waals surface area contributed by atoms with Gasteiger partial charge in [-0.05, 0) is 31.2 Å². The summed E-state index contributed by atoms with van der Waals surface area (Å²) in [4.78, 5) is 4.42. The summed E-state index contributed by atoms with van der Waals surface area (Å²) in [5, 5.41) is 0. The highest BCUT2D eigenvalue weighted by atomic mass is 19.1. The Morgan fingerprint density at radius 2 is 1.95 bits per heavy atom. The fourth-order valence-corrected chi connectivity index (χ4v) is 2.34. The van der Waals surface area contributed by atoms with Gasteiger partial charge in [0.25, 0.3) is 0 Å². The Bertz CT molecular complexity index is 746. The Morgan fingerprint density at radius 1 is 1.16 bits per heavy atom. The third kappa shape index (κ3) is 1.76. The van der Waals surface area contributed by atoms with Crippen molar-refractivity contribution >= 4 is 16.7 Å². The molecule has 3 aromatic rings. The molecule has 0 fully saturated rings. The molecule has 0 saturated carbocycles. The van der Waals surface area contributed by atoms with E-state index in [1.165, 1.54) is 6.07 Å². The van der Waals surface area contributed by atoms with Crippen LogP contribution in [0.4, 0.5) is 10.1 Å². The lowest BCUT2D eigenvalue weighted by atomic mass is 10.1. The van der Waals surface area contributed by atoms with Crippen LogP contribution < -0.4 is 5.73 Å². The second-order valence-corrected chi connectivity index (χ2v) is 4.37. The third-order valence-electron chi connectivity index (χ3n) is 3.25. The van der Waals surface area contributed by atoms with E-state index in [2.05, 4.69) is 4.98 Å². The minimum Gasteiger partial charge on any atom is -0.398 e. The molecule has 0 radical (unpaired) electrons. The average Bonchev–Trinajstić information content (AvgIpc) is 2.79. The number of halogens is 1. The standard InChI is InChI=1S/C15H14FN3/c1-2-19-13-9-5-7-11(16)14(13)18-15(19)10-6-3-4-8-12(10)17/h3-9H,2,17H2,1H3. The summed E-state index contributed by atoms with van der Waals surface area (Å²) in [5.41, 5.74) is 8.65. The summed E-state index contributed by atoms with van der Waals surface area (Å²) in [5.74, 6) is 0.404. The highest BCUT2D eigenvalue weighted by Crippen LogP contribution is 2.29. The van der Waals surface area contributed by atoms with Crippen LogP contribution in [0.15, 0.2) is 42.5 Å².